The summed E-state index contributed by atoms with van der Waals surface area (Å²) in [6.07, 6.45) is 1.18. The Hall–Kier alpha value is -4.45. The predicted octanol–water partition coefficient (Wildman–Crippen LogP) is 6.60. The van der Waals surface area contributed by atoms with Crippen molar-refractivity contribution in [2.45, 2.75) is 33.7 Å². The number of alkyl halides is 7. The number of carbonyl (C=O) groups excluding carboxylic acids is 6. The number of rotatable bonds is 12. The Morgan fingerprint density at radius 2 is 0.875 bits per heavy atom. The molecule has 26 heteroatoms. The van der Waals surface area contributed by atoms with Crippen LogP contribution in [0.25, 0.3) is 0 Å². The minimum atomic E-state index is -3.19. The van der Waals surface area contributed by atoms with E-state index in [-0.39, 0.29) is 93.7 Å². The van der Waals surface area contributed by atoms with E-state index in [0.717, 1.165) is 6.26 Å². The van der Waals surface area contributed by atoms with Crippen LogP contribution in [0.15, 0.2) is 97.1 Å². The minimum absolute atomic E-state index is 0. The molecule has 348 valence electrons. The maximum Gasteiger partial charge on any atom is 1.00 e. The number of hydrogen-bond donors (Lipinski definition) is 2. The number of nitrogens with two attached hydrogens (primary N) is 1. The van der Waals surface area contributed by atoms with E-state index in [4.69, 9.17) is 20.4 Å². The molecular formula is C38H35BrCl2F8NNaO12S. The number of phenols is 1. The number of Topliss-reactive ketones (excluding diaryl/α,β-unsaturated/α-hetero) is 4. The van der Waals surface area contributed by atoms with Crippen LogP contribution < -0.4 is 49.5 Å². The van der Waals surface area contributed by atoms with E-state index in [9.17, 15) is 62.7 Å². The van der Waals surface area contributed by atoms with Crippen LogP contribution in [-0.4, -0.2) is 80.8 Å². The molecule has 13 nitrogen and oxygen atoms in total. The molecule has 0 heterocycles. The van der Waals surface area contributed by atoms with E-state index < -0.39 is 34.8 Å². The Balaban J connectivity index is -0.000000345. The van der Waals surface area contributed by atoms with Gasteiger partial charge in [0, 0.05) is 32.9 Å². The average Bonchev–Trinajstić information content (AvgIpc) is 3.18. The molecule has 0 aliphatic rings. The molecule has 0 bridgehead atoms. The molecule has 0 spiro atoms. The second kappa shape index (κ2) is 37.9. The van der Waals surface area contributed by atoms with E-state index in [1.165, 1.54) is 98.8 Å². The maximum atomic E-state index is 11.7. The smallest absolute Gasteiger partial charge is 0.508 e. The van der Waals surface area contributed by atoms with Gasteiger partial charge in [-0.25, -0.2) is 8.42 Å². The Bertz CT molecular complexity index is 2000. The number of phenolic OH excluding ortho intramolecular Hbond substituents is 1. The van der Waals surface area contributed by atoms with Gasteiger partial charge in [0.05, 0.1) is 24.0 Å². The second-order valence-electron chi connectivity index (χ2n) is 10.5. The summed E-state index contributed by atoms with van der Waals surface area (Å²) < 4.78 is 122. The van der Waals surface area contributed by atoms with Crippen LogP contribution in [0.2, 0.25) is 0 Å². The fourth-order valence-corrected chi connectivity index (χ4v) is 3.73. The van der Waals surface area contributed by atoms with Crippen molar-refractivity contribution in [1.29, 1.82) is 0 Å². The normalized spacial score (nSPS) is 9.61. The van der Waals surface area contributed by atoms with Crippen molar-refractivity contribution >= 4 is 76.5 Å². The van der Waals surface area contributed by atoms with E-state index >= 15 is 0 Å². The molecule has 0 radical (unpaired) electrons. The van der Waals surface area contributed by atoms with Crippen LogP contribution in [0.5, 0.6) is 23.0 Å². The second-order valence-corrected chi connectivity index (χ2v) is 14.4. The topological polar surface area (TPSA) is 210 Å². The molecule has 0 atom stereocenters. The molecule has 0 aromatic heterocycles. The first-order valence-corrected chi connectivity index (χ1v) is 20.4. The molecule has 4 aromatic rings. The van der Waals surface area contributed by atoms with Crippen molar-refractivity contribution < 1.29 is 121 Å². The molecule has 4 aromatic carbocycles. The zero-order chi connectivity index (χ0) is 49.3. The zero-order valence-corrected chi connectivity index (χ0v) is 39.4. The Morgan fingerprint density at radius 1 is 0.656 bits per heavy atom. The largest absolute Gasteiger partial charge is 1.00 e. The summed E-state index contributed by atoms with van der Waals surface area (Å²) in [7, 11) is 1.31. The molecular weight excluding hydrogens is 1020 g/mol. The van der Waals surface area contributed by atoms with Crippen LogP contribution in [0.3, 0.4) is 0 Å². The van der Waals surface area contributed by atoms with Gasteiger partial charge in [-0.1, -0.05) is 15.9 Å². The summed E-state index contributed by atoms with van der Waals surface area (Å²) in [5.41, 5.74) is 7.06. The van der Waals surface area contributed by atoms with Gasteiger partial charge >= 0.3 is 55.5 Å². The first-order valence-electron chi connectivity index (χ1n) is 16.2. The summed E-state index contributed by atoms with van der Waals surface area (Å²) in [4.78, 5) is 59.9. The number of aromatic hydroxyl groups is 1. The van der Waals surface area contributed by atoms with E-state index in [0.29, 0.717) is 22.3 Å². The summed E-state index contributed by atoms with van der Waals surface area (Å²) in [5.74, 6) is -2.24. The van der Waals surface area contributed by atoms with Gasteiger partial charge in [-0.05, 0) is 111 Å². The van der Waals surface area contributed by atoms with Crippen molar-refractivity contribution in [3.8, 4) is 23.0 Å². The zero-order valence-electron chi connectivity index (χ0n) is 33.5. The molecule has 0 saturated heterocycles. The van der Waals surface area contributed by atoms with E-state index in [2.05, 4.69) is 52.4 Å². The van der Waals surface area contributed by atoms with Gasteiger partial charge in [-0.15, -0.1) is 0 Å². The third-order valence-electron chi connectivity index (χ3n) is 5.87. The Labute approximate surface area is 401 Å². The number of benzene rings is 4. The number of ether oxygens (including phenoxy) is 3. The number of halogens is 11. The van der Waals surface area contributed by atoms with Crippen molar-refractivity contribution in [2.75, 3.05) is 18.1 Å². The van der Waals surface area contributed by atoms with Crippen LogP contribution in [0, 0.1) is 5.88 Å². The third-order valence-corrected chi connectivity index (χ3v) is 6.38. The SMILES string of the molecule is CC(=O)c1ccc(O)cc1.CC(=O)c1ccc(OC(F)F)cc1.CS(=O)(=O)Cl.F[C-](F)Cl.NCC(=O)c1ccc(OC(F)F)cc1.O=C(CBr)c1ccc(OC(F)F)cc1.O=C=O.[Na+]. The van der Waals surface area contributed by atoms with Gasteiger partial charge < -0.3 is 33.8 Å². The monoisotopic (exact) mass is 1050 g/mol. The van der Waals surface area contributed by atoms with Crippen LogP contribution >= 0.6 is 38.2 Å². The van der Waals surface area contributed by atoms with Crippen LogP contribution in [-0.2, 0) is 18.6 Å². The van der Waals surface area contributed by atoms with Gasteiger partial charge in [0.2, 0.25) is 9.05 Å². The average molecular weight is 1060 g/mol. The fourth-order valence-electron chi connectivity index (χ4n) is 3.41. The number of carbonyl (C=O) groups is 4. The van der Waals surface area contributed by atoms with Gasteiger partial charge in [0.25, 0.3) is 0 Å². The van der Waals surface area contributed by atoms with Crippen LogP contribution in [0.1, 0.15) is 55.3 Å². The van der Waals surface area contributed by atoms with Gasteiger partial charge in [0.1, 0.15) is 23.0 Å². The van der Waals surface area contributed by atoms with Crippen molar-refractivity contribution in [2.24, 2.45) is 5.73 Å². The quantitative estimate of drug-likeness (QED) is 0.0383. The summed E-state index contributed by atoms with van der Waals surface area (Å²) in [6.45, 7) is -5.73. The van der Waals surface area contributed by atoms with Gasteiger partial charge in [0.15, 0.2) is 23.1 Å². The van der Waals surface area contributed by atoms with Crippen molar-refractivity contribution in [3.05, 3.63) is 125 Å². The van der Waals surface area contributed by atoms with Gasteiger partial charge in [-0.3, -0.25) is 30.8 Å². The number of ketones is 4. The van der Waals surface area contributed by atoms with Crippen LogP contribution in [0.4, 0.5) is 35.1 Å². The fraction of sp³-hybridized carbons (Fsp3) is 0.211. The summed E-state index contributed by atoms with van der Waals surface area (Å²) >= 11 is 6.87. The predicted molar refractivity (Wildman–Crippen MR) is 216 cm³/mol. The molecule has 0 aliphatic carbocycles. The minimum Gasteiger partial charge on any atom is -0.508 e. The molecule has 0 unspecified atom stereocenters. The molecule has 0 amide bonds. The Morgan fingerprint density at radius 3 is 1.08 bits per heavy atom. The molecule has 64 heavy (non-hydrogen) atoms. The Kier molecular flexibility index (Phi) is 39.2. The molecule has 4 rings (SSSR count). The standard InChI is InChI=1S/C9H7BrF2O2.C9H9F2NO2.C9H8F2O2.C8H8O2.CClF2.CH3ClO2S.CO2.Na/c10-5-8(13)6-1-3-7(4-2-6)14-9(11)12;10-9(11)14-7-3-1-6(2-4-7)8(13)5-12;1-6(12)7-2-4-8(5-3-7)13-9(10)11;1-6(9)7-2-4-8(10)5-3-7;2-1(3)4;1-5(2,3)4;2-1-3;/h1-4,9H,5H2;1-4,9H,5,12H2;2-5,9H,1H3;2-5,10H,1H3;;1H3;;/q;;;;-1;;;+1. The third kappa shape index (κ3) is 40.3. The maximum absolute atomic E-state index is 11.7. The van der Waals surface area contributed by atoms with Crippen molar-refractivity contribution in [3.63, 3.8) is 0 Å². The molecule has 0 fully saturated rings. The first-order chi connectivity index (χ1) is 29.2. The molecule has 3 N–H and O–H groups in total. The van der Waals surface area contributed by atoms with Gasteiger partial charge in [-0.2, -0.15) is 35.9 Å². The van der Waals surface area contributed by atoms with E-state index in [1.54, 1.807) is 12.1 Å². The molecule has 0 saturated carbocycles. The van der Waals surface area contributed by atoms with E-state index in [1.807, 2.05) is 0 Å². The first kappa shape index (κ1) is 66.2. The number of hydrogen-bond acceptors (Lipinski definition) is 13. The summed E-state index contributed by atoms with van der Waals surface area (Å²) in [5, 5.41) is 9.04. The summed E-state index contributed by atoms with van der Waals surface area (Å²) in [6, 6.07) is 22.7. The van der Waals surface area contributed by atoms with Crippen molar-refractivity contribution in [1.82, 2.24) is 0 Å². The molecule has 0 aliphatic heterocycles.